The van der Waals surface area contributed by atoms with E-state index in [2.05, 4.69) is 9.97 Å². The van der Waals surface area contributed by atoms with Crippen LogP contribution >= 0.6 is 0 Å². The molecule has 0 unspecified atom stereocenters. The molecule has 12 heteroatoms. The first-order chi connectivity index (χ1) is 21.3. The molecule has 1 aromatic carbocycles. The standard InChI is InChI=1S/C32H6F2N10/c33-31-19(3-1-17(11-39)43-31)29-25(13-41)21-5-24-22(6-23(21)27(29)15(7-35)8-36)26(14-42)30(28(24)16(9-37)10-38)20-4-2-18(12-40)44-32(20)34/h1-6H. The highest BCUT2D eigenvalue weighted by Gasteiger charge is 2.38. The third-order valence-electron chi connectivity index (χ3n) is 6.87. The van der Waals surface area contributed by atoms with Crippen molar-refractivity contribution in [2.75, 3.05) is 0 Å². The van der Waals surface area contributed by atoms with Gasteiger partial charge in [-0.15, -0.1) is 0 Å². The second-order valence-electron chi connectivity index (χ2n) is 8.91. The number of benzene rings is 1. The third-order valence-corrected chi connectivity index (χ3v) is 6.87. The monoisotopic (exact) mass is 568 g/mol. The minimum absolute atomic E-state index is 0.0627. The zero-order chi connectivity index (χ0) is 31.7. The lowest BCUT2D eigenvalue weighted by Gasteiger charge is -2.11. The molecule has 0 amide bonds. The Hall–Kier alpha value is -7.74. The summed E-state index contributed by atoms with van der Waals surface area (Å²) in [6.45, 7) is 0. The quantitative estimate of drug-likeness (QED) is 0.298. The van der Waals surface area contributed by atoms with Crippen LogP contribution in [0.25, 0.3) is 33.4 Å². The first-order valence-electron chi connectivity index (χ1n) is 12.0. The van der Waals surface area contributed by atoms with E-state index in [0.29, 0.717) is 0 Å². The lowest BCUT2D eigenvalue weighted by molar-refractivity contribution is 0.578. The molecule has 2 aliphatic rings. The van der Waals surface area contributed by atoms with Gasteiger partial charge >= 0.3 is 0 Å². The molecule has 2 aromatic heterocycles. The van der Waals surface area contributed by atoms with Gasteiger partial charge in [-0.2, -0.15) is 50.9 Å². The van der Waals surface area contributed by atoms with Crippen molar-refractivity contribution in [3.05, 3.63) is 104 Å². The highest BCUT2D eigenvalue weighted by Crippen LogP contribution is 2.54. The summed E-state index contributed by atoms with van der Waals surface area (Å²) in [5, 5.41) is 78.0. The summed E-state index contributed by atoms with van der Waals surface area (Å²) in [6, 6.07) is 21.6. The lowest BCUT2D eigenvalue weighted by atomic mass is 9.90. The Bertz CT molecular complexity index is 2190. The highest BCUT2D eigenvalue weighted by molar-refractivity contribution is 6.29. The SMILES string of the molecule is N#CC(C#N)=C1C(c2ccc(C#N)nc2F)=C(C#N)c2cc3c(cc21)C(C#N)=C(c1ccc(C#N)nc1F)C3=C(C#N)C#N. The van der Waals surface area contributed by atoms with Crippen molar-refractivity contribution >= 4 is 33.4 Å². The number of halogens is 2. The van der Waals surface area contributed by atoms with E-state index in [0.717, 1.165) is 0 Å². The predicted molar refractivity (Wildman–Crippen MR) is 145 cm³/mol. The molecule has 0 saturated heterocycles. The Kier molecular flexibility index (Phi) is 6.75. The predicted octanol–water partition coefficient (Wildman–Crippen LogP) is 5.00. The summed E-state index contributed by atoms with van der Waals surface area (Å²) in [6.07, 6.45) is 0. The van der Waals surface area contributed by atoms with Gasteiger partial charge in [-0.3, -0.25) is 0 Å². The number of hydrogen-bond donors (Lipinski definition) is 0. The van der Waals surface area contributed by atoms with Crippen molar-refractivity contribution in [3.63, 3.8) is 0 Å². The number of allylic oxidation sites excluding steroid dienone is 8. The van der Waals surface area contributed by atoms with E-state index < -0.39 is 23.0 Å². The second-order valence-corrected chi connectivity index (χ2v) is 8.91. The van der Waals surface area contributed by atoms with Gasteiger partial charge in [0.05, 0.1) is 11.1 Å². The van der Waals surface area contributed by atoms with Gasteiger partial charge in [0.2, 0.25) is 11.9 Å². The Balaban J connectivity index is 1.94. The van der Waals surface area contributed by atoms with Crippen LogP contribution in [0.15, 0.2) is 47.5 Å². The largest absolute Gasteiger partial charge is 0.222 e. The number of aromatic nitrogens is 2. The number of fused-ring (bicyclic) bond motifs is 2. The molecule has 2 heterocycles. The van der Waals surface area contributed by atoms with Gasteiger partial charge < -0.3 is 0 Å². The van der Waals surface area contributed by atoms with Crippen molar-refractivity contribution in [3.8, 4) is 48.6 Å². The average molecular weight is 568 g/mol. The van der Waals surface area contributed by atoms with Crippen LogP contribution in [0.4, 0.5) is 8.78 Å². The van der Waals surface area contributed by atoms with Gasteiger partial charge in [-0.05, 0) is 47.5 Å². The maximum Gasteiger partial charge on any atom is 0.222 e. The van der Waals surface area contributed by atoms with Gasteiger partial charge in [-0.1, -0.05) is 0 Å². The number of pyridine rings is 2. The molecular formula is C32H6F2N10. The Morgan fingerprint density at radius 1 is 0.477 bits per heavy atom. The Morgan fingerprint density at radius 2 is 0.841 bits per heavy atom. The molecule has 0 saturated carbocycles. The van der Waals surface area contributed by atoms with Crippen molar-refractivity contribution in [2.45, 2.75) is 0 Å². The molecule has 0 radical (unpaired) electrons. The number of nitriles is 8. The van der Waals surface area contributed by atoms with Crippen LogP contribution in [0.5, 0.6) is 0 Å². The summed E-state index contributed by atoms with van der Waals surface area (Å²) in [4.78, 5) is 7.14. The van der Waals surface area contributed by atoms with E-state index in [1.807, 2.05) is 12.1 Å². The molecule has 44 heavy (non-hydrogen) atoms. The number of nitrogens with zero attached hydrogens (tertiary/aromatic N) is 10. The van der Waals surface area contributed by atoms with Gasteiger partial charge in [0.25, 0.3) is 0 Å². The van der Waals surface area contributed by atoms with E-state index in [4.69, 9.17) is 10.5 Å². The fraction of sp³-hybridized carbons (Fsp3) is 0. The first-order valence-corrected chi connectivity index (χ1v) is 12.0. The maximum atomic E-state index is 15.2. The summed E-state index contributed by atoms with van der Waals surface area (Å²) in [7, 11) is 0. The molecule has 0 N–H and O–H groups in total. The van der Waals surface area contributed by atoms with Crippen LogP contribution < -0.4 is 0 Å². The van der Waals surface area contributed by atoms with Crippen LogP contribution in [-0.2, 0) is 0 Å². The maximum absolute atomic E-state index is 15.2. The minimum atomic E-state index is -1.15. The van der Waals surface area contributed by atoms with Gasteiger partial charge in [0.1, 0.15) is 71.1 Å². The van der Waals surface area contributed by atoms with Crippen molar-refractivity contribution < 1.29 is 8.78 Å². The van der Waals surface area contributed by atoms with E-state index in [-0.39, 0.29) is 78.2 Å². The molecule has 10 nitrogen and oxygen atoms in total. The van der Waals surface area contributed by atoms with Crippen LogP contribution in [-0.4, -0.2) is 9.97 Å². The summed E-state index contributed by atoms with van der Waals surface area (Å²) in [5.41, 5.74) is -2.93. The van der Waals surface area contributed by atoms with Crippen molar-refractivity contribution in [2.24, 2.45) is 0 Å². The van der Waals surface area contributed by atoms with Crippen LogP contribution in [0.1, 0.15) is 44.8 Å². The van der Waals surface area contributed by atoms with Crippen LogP contribution in [0.2, 0.25) is 0 Å². The number of rotatable bonds is 2. The highest BCUT2D eigenvalue weighted by atomic mass is 19.1. The molecule has 0 fully saturated rings. The van der Waals surface area contributed by atoms with E-state index >= 15 is 8.78 Å². The molecule has 0 aliphatic heterocycles. The van der Waals surface area contributed by atoms with E-state index in [9.17, 15) is 31.6 Å². The van der Waals surface area contributed by atoms with Crippen LogP contribution in [0.3, 0.4) is 0 Å². The summed E-state index contributed by atoms with van der Waals surface area (Å²) in [5.74, 6) is -2.30. The average Bonchev–Trinajstić information content (AvgIpc) is 3.52. The van der Waals surface area contributed by atoms with E-state index in [1.54, 1.807) is 36.4 Å². The molecule has 3 aromatic rings. The number of hydrogen-bond acceptors (Lipinski definition) is 10. The first kappa shape index (κ1) is 27.8. The topological polar surface area (TPSA) is 216 Å². The van der Waals surface area contributed by atoms with Crippen molar-refractivity contribution in [1.29, 1.82) is 42.1 Å². The van der Waals surface area contributed by atoms with E-state index in [1.165, 1.54) is 36.4 Å². The fourth-order valence-corrected chi connectivity index (χ4v) is 5.15. The molecule has 0 bridgehead atoms. The smallest absolute Gasteiger partial charge is 0.208 e. The Morgan fingerprint density at radius 3 is 1.11 bits per heavy atom. The van der Waals surface area contributed by atoms with Crippen molar-refractivity contribution in [1.82, 2.24) is 9.97 Å². The molecular weight excluding hydrogens is 562 g/mol. The molecule has 2 aliphatic carbocycles. The summed E-state index contributed by atoms with van der Waals surface area (Å²) >= 11 is 0. The van der Waals surface area contributed by atoms with Gasteiger partial charge in [0, 0.05) is 44.5 Å². The molecule has 198 valence electrons. The van der Waals surface area contributed by atoms with Gasteiger partial charge in [-0.25, -0.2) is 9.97 Å². The zero-order valence-corrected chi connectivity index (χ0v) is 21.7. The second kappa shape index (κ2) is 10.7. The van der Waals surface area contributed by atoms with Crippen LogP contribution in [0, 0.1) is 103 Å². The third kappa shape index (κ3) is 3.93. The molecule has 0 spiro atoms. The molecule has 0 atom stereocenters. The minimum Gasteiger partial charge on any atom is -0.208 e. The van der Waals surface area contributed by atoms with Gasteiger partial charge in [0.15, 0.2) is 0 Å². The fourth-order valence-electron chi connectivity index (χ4n) is 5.15. The lowest BCUT2D eigenvalue weighted by Crippen LogP contribution is -1.98. The summed E-state index contributed by atoms with van der Waals surface area (Å²) < 4.78 is 30.4. The zero-order valence-electron chi connectivity index (χ0n) is 21.7. The normalized spacial score (nSPS) is 12.3. The Labute approximate surface area is 247 Å². The molecule has 5 rings (SSSR count).